The largest absolute Gasteiger partial charge is 0.497 e. The third-order valence-electron chi connectivity index (χ3n) is 4.01. The molecule has 6 nitrogen and oxygen atoms in total. The van der Waals surface area contributed by atoms with Gasteiger partial charge in [-0.2, -0.15) is 11.8 Å². The number of methoxy groups -OCH3 is 1. The van der Waals surface area contributed by atoms with Crippen molar-refractivity contribution in [1.82, 2.24) is 15.0 Å². The second-order valence-corrected chi connectivity index (χ2v) is 7.54. The van der Waals surface area contributed by atoms with Crippen LogP contribution in [0.5, 0.6) is 5.75 Å². The van der Waals surface area contributed by atoms with Crippen LogP contribution in [-0.2, 0) is 12.2 Å². The van der Waals surface area contributed by atoms with Gasteiger partial charge in [-0.15, -0.1) is 0 Å². The number of hydrogen-bond donors (Lipinski definition) is 2. The molecule has 3 rings (SSSR count). The van der Waals surface area contributed by atoms with Crippen LogP contribution in [-0.4, -0.2) is 34.4 Å². The molecule has 0 unspecified atom stereocenters. The molecule has 0 bridgehead atoms. The van der Waals surface area contributed by atoms with E-state index < -0.39 is 0 Å². The van der Waals surface area contributed by atoms with Crippen molar-refractivity contribution in [2.75, 3.05) is 24.7 Å². The summed E-state index contributed by atoms with van der Waals surface area (Å²) in [5.41, 5.74) is 2.34. The van der Waals surface area contributed by atoms with E-state index in [-0.39, 0.29) is 5.56 Å². The third-order valence-corrected chi connectivity index (χ3v) is 5.33. The zero-order chi connectivity index (χ0) is 19.8. The van der Waals surface area contributed by atoms with Gasteiger partial charge in [0.1, 0.15) is 5.75 Å². The molecule has 0 saturated carbocycles. The quantitative estimate of drug-likeness (QED) is 0.517. The Kier molecular flexibility index (Phi) is 7.33. The van der Waals surface area contributed by atoms with Crippen molar-refractivity contribution < 1.29 is 4.74 Å². The minimum atomic E-state index is -0.145. The van der Waals surface area contributed by atoms with Crippen LogP contribution < -0.4 is 15.6 Å². The Morgan fingerprint density at radius 2 is 2.14 bits per heavy atom. The summed E-state index contributed by atoms with van der Waals surface area (Å²) in [5.74, 6) is 2.81. The Labute approximate surface area is 172 Å². The van der Waals surface area contributed by atoms with Crippen LogP contribution in [0.4, 0.5) is 5.95 Å². The molecule has 0 aliphatic rings. The molecule has 2 aromatic heterocycles. The topological polar surface area (TPSA) is 79.9 Å². The zero-order valence-corrected chi connectivity index (χ0v) is 17.0. The number of nitrogens with one attached hydrogen (secondary N) is 2. The molecule has 0 atom stereocenters. The number of rotatable bonds is 9. The van der Waals surface area contributed by atoms with Crippen molar-refractivity contribution in [2.45, 2.75) is 12.2 Å². The second-order valence-electron chi connectivity index (χ2n) is 6.03. The van der Waals surface area contributed by atoms with Crippen molar-refractivity contribution in [2.24, 2.45) is 0 Å². The molecule has 8 heteroatoms. The van der Waals surface area contributed by atoms with E-state index in [1.54, 1.807) is 31.3 Å². The lowest BCUT2D eigenvalue weighted by atomic mass is 10.1. The number of halogens is 1. The highest BCUT2D eigenvalue weighted by Crippen LogP contribution is 2.18. The third kappa shape index (κ3) is 5.74. The number of aromatic nitrogens is 3. The lowest BCUT2D eigenvalue weighted by Crippen LogP contribution is -2.18. The fourth-order valence-corrected chi connectivity index (χ4v) is 3.66. The van der Waals surface area contributed by atoms with E-state index in [0.29, 0.717) is 29.5 Å². The van der Waals surface area contributed by atoms with E-state index in [4.69, 9.17) is 16.3 Å². The van der Waals surface area contributed by atoms with E-state index in [0.717, 1.165) is 28.5 Å². The van der Waals surface area contributed by atoms with Crippen molar-refractivity contribution in [3.63, 3.8) is 0 Å². The summed E-state index contributed by atoms with van der Waals surface area (Å²) in [5, 5.41) is 3.82. The molecule has 28 heavy (non-hydrogen) atoms. The summed E-state index contributed by atoms with van der Waals surface area (Å²) in [4.78, 5) is 23.7. The normalized spacial score (nSPS) is 10.6. The van der Waals surface area contributed by atoms with E-state index in [1.807, 2.05) is 36.4 Å². The Morgan fingerprint density at radius 1 is 1.25 bits per heavy atom. The van der Waals surface area contributed by atoms with Gasteiger partial charge in [0.2, 0.25) is 5.95 Å². The van der Waals surface area contributed by atoms with Crippen LogP contribution in [0.3, 0.4) is 0 Å². The molecule has 0 aliphatic carbocycles. The lowest BCUT2D eigenvalue weighted by Gasteiger charge is -2.07. The van der Waals surface area contributed by atoms with Gasteiger partial charge in [-0.1, -0.05) is 23.7 Å². The fraction of sp³-hybridized carbons (Fsp3) is 0.250. The van der Waals surface area contributed by atoms with E-state index >= 15 is 0 Å². The van der Waals surface area contributed by atoms with Gasteiger partial charge < -0.3 is 10.1 Å². The van der Waals surface area contributed by atoms with Crippen LogP contribution in [0.1, 0.15) is 16.8 Å². The molecule has 0 spiro atoms. The molecule has 0 saturated heterocycles. The first-order chi connectivity index (χ1) is 13.7. The molecular formula is C20H21ClN4O2S. The summed E-state index contributed by atoms with van der Waals surface area (Å²) < 4.78 is 5.22. The van der Waals surface area contributed by atoms with Crippen LogP contribution in [0.2, 0.25) is 5.02 Å². The summed E-state index contributed by atoms with van der Waals surface area (Å²) in [7, 11) is 1.62. The van der Waals surface area contributed by atoms with Crippen molar-refractivity contribution >= 4 is 29.3 Å². The van der Waals surface area contributed by atoms with Gasteiger partial charge in [0.15, 0.2) is 0 Å². The Morgan fingerprint density at radius 3 is 2.93 bits per heavy atom. The van der Waals surface area contributed by atoms with Crippen molar-refractivity contribution in [3.8, 4) is 5.75 Å². The first-order valence-electron chi connectivity index (χ1n) is 8.78. The number of thioether (sulfide) groups is 1. The molecule has 0 fully saturated rings. The second kappa shape index (κ2) is 10.1. The van der Waals surface area contributed by atoms with Crippen molar-refractivity contribution in [1.29, 1.82) is 0 Å². The standard InChI is InChI=1S/C20H21ClN4O2S/c1-27-16-5-2-4-14(11-16)10-15-12-24-20(25-19(15)26)23-8-9-28-13-18-17(21)6-3-7-22-18/h2-7,11-12H,8-10,13H2,1H3,(H2,23,24,25,26). The van der Waals surface area contributed by atoms with Crippen LogP contribution >= 0.6 is 23.4 Å². The summed E-state index contributed by atoms with van der Waals surface area (Å²) in [6.45, 7) is 0.674. The van der Waals surface area contributed by atoms with Gasteiger partial charge in [-0.25, -0.2) is 4.98 Å². The minimum Gasteiger partial charge on any atom is -0.497 e. The molecule has 0 aliphatic heterocycles. The molecule has 0 amide bonds. The minimum absolute atomic E-state index is 0.145. The summed E-state index contributed by atoms with van der Waals surface area (Å²) in [6, 6.07) is 11.3. The van der Waals surface area contributed by atoms with E-state index in [2.05, 4.69) is 20.3 Å². The Hall–Kier alpha value is -2.51. The smallest absolute Gasteiger partial charge is 0.255 e. The Bertz CT molecular complexity index is 980. The number of H-pyrrole nitrogens is 1. The average Bonchev–Trinajstić information content (AvgIpc) is 2.71. The highest BCUT2D eigenvalue weighted by Gasteiger charge is 2.05. The van der Waals surface area contributed by atoms with Crippen LogP contribution in [0.25, 0.3) is 0 Å². The molecule has 2 heterocycles. The maximum absolute atomic E-state index is 12.3. The van der Waals surface area contributed by atoms with Gasteiger partial charge in [-0.3, -0.25) is 14.8 Å². The van der Waals surface area contributed by atoms with Gasteiger partial charge >= 0.3 is 0 Å². The highest BCUT2D eigenvalue weighted by molar-refractivity contribution is 7.98. The number of benzene rings is 1. The summed E-state index contributed by atoms with van der Waals surface area (Å²) >= 11 is 7.80. The Balaban J connectivity index is 1.48. The number of ether oxygens (including phenoxy) is 1. The number of nitrogens with zero attached hydrogens (tertiary/aromatic N) is 2. The molecular weight excluding hydrogens is 396 g/mol. The maximum Gasteiger partial charge on any atom is 0.255 e. The predicted molar refractivity (Wildman–Crippen MR) is 115 cm³/mol. The summed E-state index contributed by atoms with van der Waals surface area (Å²) in [6.07, 6.45) is 3.85. The number of aromatic amines is 1. The van der Waals surface area contributed by atoms with Crippen molar-refractivity contribution in [3.05, 3.63) is 81.0 Å². The number of pyridine rings is 1. The number of anilines is 1. The SMILES string of the molecule is COc1cccc(Cc2cnc(NCCSCc3ncccc3Cl)[nH]c2=O)c1. The lowest BCUT2D eigenvalue weighted by molar-refractivity contribution is 0.414. The zero-order valence-electron chi connectivity index (χ0n) is 15.4. The predicted octanol–water partition coefficient (Wildman–Crippen LogP) is 3.76. The van der Waals surface area contributed by atoms with Gasteiger partial charge in [-0.05, 0) is 29.8 Å². The molecule has 0 radical (unpaired) electrons. The fourth-order valence-electron chi connectivity index (χ4n) is 2.57. The molecule has 146 valence electrons. The van der Waals surface area contributed by atoms with Crippen LogP contribution in [0.15, 0.2) is 53.6 Å². The van der Waals surface area contributed by atoms with Crippen LogP contribution in [0, 0.1) is 0 Å². The van der Waals surface area contributed by atoms with Gasteiger partial charge in [0, 0.05) is 42.4 Å². The van der Waals surface area contributed by atoms with E-state index in [1.165, 1.54) is 0 Å². The first-order valence-corrected chi connectivity index (χ1v) is 10.3. The van der Waals surface area contributed by atoms with Gasteiger partial charge in [0.05, 0.1) is 17.8 Å². The highest BCUT2D eigenvalue weighted by atomic mass is 35.5. The average molecular weight is 417 g/mol. The first kappa shape index (κ1) is 20.2. The van der Waals surface area contributed by atoms with Gasteiger partial charge in [0.25, 0.3) is 5.56 Å². The molecule has 1 aromatic carbocycles. The maximum atomic E-state index is 12.3. The monoisotopic (exact) mass is 416 g/mol. The molecule has 2 N–H and O–H groups in total. The molecule has 3 aromatic rings. The number of hydrogen-bond acceptors (Lipinski definition) is 6. The van der Waals surface area contributed by atoms with E-state index in [9.17, 15) is 4.79 Å².